The van der Waals surface area contributed by atoms with Gasteiger partial charge in [0, 0.05) is 25.3 Å². The van der Waals surface area contributed by atoms with Crippen LogP contribution in [0.4, 0.5) is 5.69 Å². The van der Waals surface area contributed by atoms with E-state index in [1.165, 1.54) is 12.8 Å². The molecule has 0 atom stereocenters. The summed E-state index contributed by atoms with van der Waals surface area (Å²) >= 11 is 11.8. The van der Waals surface area contributed by atoms with E-state index < -0.39 is 10.0 Å². The second-order valence-electron chi connectivity index (χ2n) is 6.15. The van der Waals surface area contributed by atoms with Crippen LogP contribution in [0.2, 0.25) is 10.0 Å². The SMILES string of the molecule is O=S(=O)(Cc1ccc(Cl)c(Cl)c1)NCc1ccccc1N1CCCC1. The Morgan fingerprint density at radius 3 is 2.44 bits per heavy atom. The summed E-state index contributed by atoms with van der Waals surface area (Å²) in [5.74, 6) is -0.129. The first kappa shape index (κ1) is 18.5. The number of rotatable bonds is 6. The molecule has 25 heavy (non-hydrogen) atoms. The van der Waals surface area contributed by atoms with Crippen molar-refractivity contribution in [2.45, 2.75) is 25.1 Å². The van der Waals surface area contributed by atoms with Gasteiger partial charge in [-0.05, 0) is 42.2 Å². The first-order valence-electron chi connectivity index (χ1n) is 8.19. The Bertz CT molecular complexity index is 850. The third-order valence-electron chi connectivity index (χ3n) is 4.26. The van der Waals surface area contributed by atoms with Crippen molar-refractivity contribution in [3.63, 3.8) is 0 Å². The van der Waals surface area contributed by atoms with Crippen molar-refractivity contribution in [3.05, 3.63) is 63.6 Å². The van der Waals surface area contributed by atoms with Gasteiger partial charge in [-0.25, -0.2) is 13.1 Å². The fourth-order valence-corrected chi connectivity index (χ4v) is 4.43. The van der Waals surface area contributed by atoms with Gasteiger partial charge in [0.15, 0.2) is 0 Å². The molecule has 0 radical (unpaired) electrons. The van der Waals surface area contributed by atoms with Crippen LogP contribution in [0.5, 0.6) is 0 Å². The summed E-state index contributed by atoms with van der Waals surface area (Å²) in [7, 11) is -3.47. The zero-order valence-electron chi connectivity index (χ0n) is 13.7. The number of benzene rings is 2. The highest BCUT2D eigenvalue weighted by atomic mass is 35.5. The normalized spacial score (nSPS) is 14.9. The van der Waals surface area contributed by atoms with Crippen molar-refractivity contribution < 1.29 is 8.42 Å². The van der Waals surface area contributed by atoms with E-state index >= 15 is 0 Å². The highest BCUT2D eigenvalue weighted by Crippen LogP contribution is 2.25. The first-order valence-corrected chi connectivity index (χ1v) is 10.6. The van der Waals surface area contributed by atoms with Crippen LogP contribution in [-0.2, 0) is 22.3 Å². The van der Waals surface area contributed by atoms with Gasteiger partial charge in [-0.3, -0.25) is 0 Å². The number of hydrogen-bond donors (Lipinski definition) is 1. The lowest BCUT2D eigenvalue weighted by Gasteiger charge is -2.21. The second kappa shape index (κ2) is 7.96. The lowest BCUT2D eigenvalue weighted by molar-refractivity contribution is 0.580. The third-order valence-corrected chi connectivity index (χ3v) is 6.30. The van der Waals surface area contributed by atoms with E-state index in [9.17, 15) is 8.42 Å². The molecule has 1 aliphatic heterocycles. The molecule has 0 saturated carbocycles. The third kappa shape index (κ3) is 4.88. The highest BCUT2D eigenvalue weighted by Gasteiger charge is 2.17. The first-order chi connectivity index (χ1) is 11.9. The lowest BCUT2D eigenvalue weighted by Crippen LogP contribution is -2.26. The number of sulfonamides is 1. The number of anilines is 1. The largest absolute Gasteiger partial charge is 0.371 e. The maximum absolute atomic E-state index is 12.4. The summed E-state index contributed by atoms with van der Waals surface area (Å²) in [6.07, 6.45) is 2.36. The summed E-state index contributed by atoms with van der Waals surface area (Å²) < 4.78 is 27.5. The summed E-state index contributed by atoms with van der Waals surface area (Å²) in [6, 6.07) is 12.8. The molecule has 0 amide bonds. The van der Waals surface area contributed by atoms with Gasteiger partial charge in [0.05, 0.1) is 15.8 Å². The smallest absolute Gasteiger partial charge is 0.216 e. The summed E-state index contributed by atoms with van der Waals surface area (Å²) in [5, 5.41) is 0.768. The van der Waals surface area contributed by atoms with Crippen molar-refractivity contribution in [1.29, 1.82) is 0 Å². The number of nitrogens with zero attached hydrogens (tertiary/aromatic N) is 1. The zero-order chi connectivity index (χ0) is 17.9. The van der Waals surface area contributed by atoms with Gasteiger partial charge >= 0.3 is 0 Å². The Morgan fingerprint density at radius 2 is 1.72 bits per heavy atom. The van der Waals surface area contributed by atoms with Crippen molar-refractivity contribution in [3.8, 4) is 0 Å². The molecule has 1 aliphatic rings. The number of nitrogens with one attached hydrogen (secondary N) is 1. The molecule has 1 saturated heterocycles. The Hall–Kier alpha value is -1.27. The maximum Gasteiger partial charge on any atom is 0.216 e. The molecule has 2 aromatic rings. The molecule has 1 fully saturated rings. The van der Waals surface area contributed by atoms with Crippen LogP contribution in [0.1, 0.15) is 24.0 Å². The minimum atomic E-state index is -3.47. The van der Waals surface area contributed by atoms with Crippen LogP contribution in [0.3, 0.4) is 0 Å². The van der Waals surface area contributed by atoms with Crippen LogP contribution >= 0.6 is 23.2 Å². The molecule has 0 unspecified atom stereocenters. The van der Waals surface area contributed by atoms with E-state index in [0.29, 0.717) is 15.6 Å². The summed E-state index contributed by atoms with van der Waals surface area (Å²) in [4.78, 5) is 2.31. The zero-order valence-corrected chi connectivity index (χ0v) is 16.0. The molecule has 0 aromatic heterocycles. The molecule has 2 aromatic carbocycles. The average Bonchev–Trinajstić information content (AvgIpc) is 3.11. The van der Waals surface area contributed by atoms with Crippen molar-refractivity contribution >= 4 is 38.9 Å². The molecule has 0 aliphatic carbocycles. The Kier molecular flexibility index (Phi) is 5.89. The van der Waals surface area contributed by atoms with Gasteiger partial charge in [-0.15, -0.1) is 0 Å². The van der Waals surface area contributed by atoms with Gasteiger partial charge in [0.2, 0.25) is 10.0 Å². The number of hydrogen-bond acceptors (Lipinski definition) is 3. The average molecular weight is 399 g/mol. The second-order valence-corrected chi connectivity index (χ2v) is 8.77. The van der Waals surface area contributed by atoms with E-state index in [1.54, 1.807) is 18.2 Å². The fourth-order valence-electron chi connectivity index (χ4n) is 3.01. The van der Waals surface area contributed by atoms with E-state index in [4.69, 9.17) is 23.2 Å². The van der Waals surface area contributed by atoms with E-state index in [0.717, 1.165) is 24.3 Å². The molecular formula is C18H20Cl2N2O2S. The molecule has 0 bridgehead atoms. The maximum atomic E-state index is 12.4. The van der Waals surface area contributed by atoms with Crippen LogP contribution in [0.25, 0.3) is 0 Å². The van der Waals surface area contributed by atoms with Crippen molar-refractivity contribution in [1.82, 2.24) is 4.72 Å². The molecule has 4 nitrogen and oxygen atoms in total. The topological polar surface area (TPSA) is 49.4 Å². The molecule has 1 heterocycles. The minimum absolute atomic E-state index is 0.129. The van der Waals surface area contributed by atoms with Gasteiger partial charge in [0.1, 0.15) is 0 Å². The van der Waals surface area contributed by atoms with Crippen molar-refractivity contribution in [2.75, 3.05) is 18.0 Å². The van der Waals surface area contributed by atoms with E-state index in [-0.39, 0.29) is 12.3 Å². The Labute approximate surface area is 158 Å². The van der Waals surface area contributed by atoms with Crippen molar-refractivity contribution in [2.24, 2.45) is 0 Å². The predicted octanol–water partition coefficient (Wildman–Crippen LogP) is 4.21. The Balaban J connectivity index is 1.69. The Morgan fingerprint density at radius 1 is 1.00 bits per heavy atom. The van der Waals surface area contributed by atoms with Crippen LogP contribution in [0.15, 0.2) is 42.5 Å². The standard InChI is InChI=1S/C18H20Cl2N2O2S/c19-16-8-7-14(11-17(16)20)13-25(23,24)21-12-15-5-1-2-6-18(15)22-9-3-4-10-22/h1-2,5-8,11,21H,3-4,9-10,12-13H2. The minimum Gasteiger partial charge on any atom is -0.371 e. The van der Waals surface area contributed by atoms with Gasteiger partial charge in [0.25, 0.3) is 0 Å². The molecular weight excluding hydrogens is 379 g/mol. The van der Waals surface area contributed by atoms with E-state index in [2.05, 4.69) is 9.62 Å². The molecule has 134 valence electrons. The molecule has 3 rings (SSSR count). The molecule has 0 spiro atoms. The predicted molar refractivity (Wildman–Crippen MR) is 104 cm³/mol. The van der Waals surface area contributed by atoms with E-state index in [1.807, 2.05) is 24.3 Å². The van der Waals surface area contributed by atoms with Crippen LogP contribution in [0, 0.1) is 0 Å². The monoisotopic (exact) mass is 398 g/mol. The fraction of sp³-hybridized carbons (Fsp3) is 0.333. The quantitative estimate of drug-likeness (QED) is 0.792. The summed E-state index contributed by atoms with van der Waals surface area (Å²) in [6.45, 7) is 2.32. The number of para-hydroxylation sites is 1. The highest BCUT2D eigenvalue weighted by molar-refractivity contribution is 7.88. The van der Waals surface area contributed by atoms with Gasteiger partial charge < -0.3 is 4.90 Å². The summed E-state index contributed by atoms with van der Waals surface area (Å²) in [5.41, 5.74) is 2.70. The van der Waals surface area contributed by atoms with Crippen LogP contribution in [-0.4, -0.2) is 21.5 Å². The number of halogens is 2. The molecule has 7 heteroatoms. The van der Waals surface area contributed by atoms with Crippen LogP contribution < -0.4 is 9.62 Å². The lowest BCUT2D eigenvalue weighted by atomic mass is 10.1. The van der Waals surface area contributed by atoms with Gasteiger partial charge in [-0.2, -0.15) is 0 Å². The van der Waals surface area contributed by atoms with Gasteiger partial charge in [-0.1, -0.05) is 47.5 Å². The molecule has 1 N–H and O–H groups in total.